The van der Waals surface area contributed by atoms with Gasteiger partial charge in [0.05, 0.1) is 23.5 Å². The summed E-state index contributed by atoms with van der Waals surface area (Å²) in [6.07, 6.45) is 1.85. The number of aromatic nitrogens is 2. The van der Waals surface area contributed by atoms with E-state index in [-0.39, 0.29) is 12.1 Å². The Labute approximate surface area is 217 Å². The highest BCUT2D eigenvalue weighted by Crippen LogP contribution is 2.44. The summed E-state index contributed by atoms with van der Waals surface area (Å²) >= 11 is 5.93. The predicted molar refractivity (Wildman–Crippen MR) is 152 cm³/mol. The average Bonchev–Trinajstić information content (AvgIpc) is 3.39. The molecule has 1 saturated heterocycles. The monoisotopic (exact) mass is 488 g/mol. The van der Waals surface area contributed by atoms with Gasteiger partial charge in [-0.3, -0.25) is 4.98 Å². The summed E-state index contributed by atoms with van der Waals surface area (Å²) in [4.78, 5) is 6.97. The van der Waals surface area contributed by atoms with Crippen molar-refractivity contribution in [2.75, 3.05) is 4.90 Å². The SMILES string of the molecule is Cc1ccc(N2C(=S)N[C@H](c3ccccn3)[C@@H]2c2cc(C)n(-c3cccc4ccccc34)c2C)cc1. The lowest BCUT2D eigenvalue weighted by atomic mass is 9.96. The number of nitrogens with one attached hydrogen (secondary N) is 1. The highest BCUT2D eigenvalue weighted by atomic mass is 32.1. The van der Waals surface area contributed by atoms with E-state index in [0.29, 0.717) is 0 Å². The highest BCUT2D eigenvalue weighted by Gasteiger charge is 2.42. The Kier molecular flexibility index (Phi) is 5.57. The molecule has 3 aromatic carbocycles. The smallest absolute Gasteiger partial charge is 0.174 e. The zero-order valence-electron chi connectivity index (χ0n) is 20.6. The van der Waals surface area contributed by atoms with Crippen molar-refractivity contribution in [3.63, 3.8) is 0 Å². The van der Waals surface area contributed by atoms with Gasteiger partial charge in [0.15, 0.2) is 5.11 Å². The Bertz CT molecular complexity index is 1560. The number of hydrogen-bond donors (Lipinski definition) is 1. The van der Waals surface area contributed by atoms with Gasteiger partial charge in [0, 0.05) is 28.7 Å². The van der Waals surface area contributed by atoms with Crippen LogP contribution in [0.2, 0.25) is 0 Å². The maximum absolute atomic E-state index is 5.93. The van der Waals surface area contributed by atoms with Crippen LogP contribution in [0.3, 0.4) is 0 Å². The van der Waals surface area contributed by atoms with Crippen molar-refractivity contribution in [1.82, 2.24) is 14.9 Å². The molecule has 0 amide bonds. The number of anilines is 1. The fourth-order valence-electron chi connectivity index (χ4n) is 5.52. The molecule has 4 nitrogen and oxygen atoms in total. The van der Waals surface area contributed by atoms with Gasteiger partial charge < -0.3 is 14.8 Å². The Balaban J connectivity index is 1.55. The van der Waals surface area contributed by atoms with Crippen molar-refractivity contribution in [2.45, 2.75) is 32.9 Å². The third kappa shape index (κ3) is 3.67. The van der Waals surface area contributed by atoms with E-state index >= 15 is 0 Å². The number of pyridine rings is 1. The topological polar surface area (TPSA) is 33.1 Å². The summed E-state index contributed by atoms with van der Waals surface area (Å²) in [7, 11) is 0. The summed E-state index contributed by atoms with van der Waals surface area (Å²) in [6, 6.07) is 32.0. The second kappa shape index (κ2) is 8.92. The molecular weight excluding hydrogens is 460 g/mol. The first-order valence-electron chi connectivity index (χ1n) is 12.3. The van der Waals surface area contributed by atoms with Crippen molar-refractivity contribution in [1.29, 1.82) is 0 Å². The van der Waals surface area contributed by atoms with E-state index in [4.69, 9.17) is 17.2 Å². The Morgan fingerprint density at radius 1 is 0.833 bits per heavy atom. The van der Waals surface area contributed by atoms with Gasteiger partial charge in [0.1, 0.15) is 0 Å². The van der Waals surface area contributed by atoms with Crippen molar-refractivity contribution < 1.29 is 0 Å². The number of aryl methyl sites for hydroxylation is 2. The molecule has 2 atom stereocenters. The van der Waals surface area contributed by atoms with Crippen LogP contribution in [-0.4, -0.2) is 14.7 Å². The zero-order valence-corrected chi connectivity index (χ0v) is 21.5. The van der Waals surface area contributed by atoms with Crippen LogP contribution in [0.25, 0.3) is 16.5 Å². The molecule has 2 aromatic heterocycles. The van der Waals surface area contributed by atoms with Crippen LogP contribution >= 0.6 is 12.2 Å². The van der Waals surface area contributed by atoms with E-state index in [1.807, 2.05) is 18.3 Å². The standard InChI is InChI=1S/C31H28N4S/c1-20-14-16-24(17-15-20)35-30(29(33-31(35)36)27-12-6-7-18-32-27)26-19-21(2)34(22(26)3)28-13-8-10-23-9-4-5-11-25(23)28/h4-19,29-30H,1-3H3,(H,33,36)/t29-,30+/m1/s1. The van der Waals surface area contributed by atoms with Crippen molar-refractivity contribution in [3.05, 3.63) is 125 Å². The molecule has 5 aromatic rings. The molecule has 1 aliphatic rings. The molecule has 1 aliphatic heterocycles. The second-order valence-corrected chi connectivity index (χ2v) is 9.88. The van der Waals surface area contributed by atoms with Crippen LogP contribution in [-0.2, 0) is 0 Å². The number of fused-ring (bicyclic) bond motifs is 1. The van der Waals surface area contributed by atoms with Crippen molar-refractivity contribution in [2.24, 2.45) is 0 Å². The lowest BCUT2D eigenvalue weighted by Gasteiger charge is -2.28. The van der Waals surface area contributed by atoms with E-state index in [0.717, 1.165) is 16.5 Å². The molecule has 0 aliphatic carbocycles. The third-order valence-corrected chi connectivity index (χ3v) is 7.52. The molecule has 178 valence electrons. The first kappa shape index (κ1) is 22.5. The maximum atomic E-state index is 5.93. The van der Waals surface area contributed by atoms with E-state index in [9.17, 15) is 0 Å². The van der Waals surface area contributed by atoms with E-state index in [1.165, 1.54) is 39.0 Å². The number of benzene rings is 3. The molecule has 0 bridgehead atoms. The van der Waals surface area contributed by atoms with E-state index in [2.05, 4.69) is 114 Å². The van der Waals surface area contributed by atoms with Gasteiger partial charge in [-0.25, -0.2) is 0 Å². The van der Waals surface area contributed by atoms with Gasteiger partial charge in [-0.15, -0.1) is 0 Å². The van der Waals surface area contributed by atoms with Crippen LogP contribution in [0.5, 0.6) is 0 Å². The molecule has 0 radical (unpaired) electrons. The fourth-order valence-corrected chi connectivity index (χ4v) is 5.86. The van der Waals surface area contributed by atoms with Crippen LogP contribution in [0.15, 0.2) is 97.2 Å². The minimum atomic E-state index is -0.0681. The average molecular weight is 489 g/mol. The Hall–Kier alpha value is -3.96. The van der Waals surface area contributed by atoms with Crippen molar-refractivity contribution >= 4 is 33.8 Å². The molecule has 6 rings (SSSR count). The van der Waals surface area contributed by atoms with Gasteiger partial charge in [0.2, 0.25) is 0 Å². The molecule has 1 fully saturated rings. The quantitative estimate of drug-likeness (QED) is 0.273. The van der Waals surface area contributed by atoms with Gasteiger partial charge in [0.25, 0.3) is 0 Å². The minimum Gasteiger partial charge on any atom is -0.351 e. The molecule has 0 unspecified atom stereocenters. The normalized spacial score (nSPS) is 17.5. The van der Waals surface area contributed by atoms with E-state index in [1.54, 1.807) is 0 Å². The predicted octanol–water partition coefficient (Wildman–Crippen LogP) is 7.13. The number of nitrogens with zero attached hydrogens (tertiary/aromatic N) is 3. The van der Waals surface area contributed by atoms with Crippen molar-refractivity contribution in [3.8, 4) is 5.69 Å². The number of rotatable bonds is 4. The lowest BCUT2D eigenvalue weighted by Crippen LogP contribution is -2.29. The van der Waals surface area contributed by atoms with Crippen LogP contribution in [0.4, 0.5) is 5.69 Å². The summed E-state index contributed by atoms with van der Waals surface area (Å²) in [5.41, 5.74) is 8.12. The summed E-state index contributed by atoms with van der Waals surface area (Å²) in [6.45, 7) is 6.51. The highest BCUT2D eigenvalue weighted by molar-refractivity contribution is 7.80. The molecule has 1 N–H and O–H groups in total. The zero-order chi connectivity index (χ0) is 24.8. The molecule has 36 heavy (non-hydrogen) atoms. The van der Waals surface area contributed by atoms with Gasteiger partial charge in [-0.2, -0.15) is 0 Å². The third-order valence-electron chi connectivity index (χ3n) is 7.21. The first-order chi connectivity index (χ1) is 17.5. The largest absolute Gasteiger partial charge is 0.351 e. The fraction of sp³-hybridized carbons (Fsp3) is 0.161. The van der Waals surface area contributed by atoms with Crippen LogP contribution in [0, 0.1) is 20.8 Å². The van der Waals surface area contributed by atoms with E-state index < -0.39 is 0 Å². The number of hydrogen-bond acceptors (Lipinski definition) is 2. The number of thiocarbonyl (C=S) groups is 1. The first-order valence-corrected chi connectivity index (χ1v) is 12.7. The summed E-state index contributed by atoms with van der Waals surface area (Å²) < 4.78 is 2.38. The lowest BCUT2D eigenvalue weighted by molar-refractivity contribution is 0.565. The second-order valence-electron chi connectivity index (χ2n) is 9.49. The van der Waals surface area contributed by atoms with Gasteiger partial charge >= 0.3 is 0 Å². The minimum absolute atomic E-state index is 0.0370. The molecule has 0 spiro atoms. The summed E-state index contributed by atoms with van der Waals surface area (Å²) in [5.74, 6) is 0. The van der Waals surface area contributed by atoms with Crippen LogP contribution in [0.1, 0.15) is 40.3 Å². The molecule has 3 heterocycles. The van der Waals surface area contributed by atoms with Gasteiger partial charge in [-0.05, 0) is 80.3 Å². The van der Waals surface area contributed by atoms with Gasteiger partial charge in [-0.1, -0.05) is 60.2 Å². The Morgan fingerprint density at radius 3 is 2.36 bits per heavy atom. The summed E-state index contributed by atoms with van der Waals surface area (Å²) in [5, 5.41) is 6.79. The maximum Gasteiger partial charge on any atom is 0.174 e. The Morgan fingerprint density at radius 2 is 1.58 bits per heavy atom. The van der Waals surface area contributed by atoms with Crippen LogP contribution < -0.4 is 10.2 Å². The molecule has 5 heteroatoms. The molecular formula is C31H28N4S. The molecule has 0 saturated carbocycles.